The number of aryl methyl sites for hydroxylation is 1. The molecule has 2 aromatic heterocycles. The van der Waals surface area contributed by atoms with E-state index in [1.807, 2.05) is 5.38 Å². The average molecular weight is 404 g/mol. The van der Waals surface area contributed by atoms with E-state index in [2.05, 4.69) is 26.1 Å². The van der Waals surface area contributed by atoms with Crippen molar-refractivity contribution >= 4 is 21.4 Å². The van der Waals surface area contributed by atoms with E-state index in [0.717, 1.165) is 25.1 Å². The second-order valence-electron chi connectivity index (χ2n) is 6.59. The molecule has 0 spiro atoms. The second-order valence-corrected chi connectivity index (χ2v) is 9.14. The van der Waals surface area contributed by atoms with Gasteiger partial charge in [-0.25, -0.2) is 18.1 Å². The molecule has 1 aromatic carbocycles. The molecule has 0 amide bonds. The first-order valence-corrected chi connectivity index (χ1v) is 11.2. The first-order chi connectivity index (χ1) is 13.0. The Kier molecular flexibility index (Phi) is 5.14. The third kappa shape index (κ3) is 3.98. The summed E-state index contributed by atoms with van der Waals surface area (Å²) >= 11 is 1.63. The van der Waals surface area contributed by atoms with Crippen LogP contribution in [0.2, 0.25) is 0 Å². The lowest BCUT2D eigenvalue weighted by Gasteiger charge is -2.38. The molecule has 0 aliphatic carbocycles. The van der Waals surface area contributed by atoms with Gasteiger partial charge in [-0.05, 0) is 40.9 Å². The Morgan fingerprint density at radius 2 is 2.04 bits per heavy atom. The smallest absolute Gasteiger partial charge is 0.240 e. The molecule has 1 fully saturated rings. The van der Waals surface area contributed by atoms with Crippen LogP contribution in [0.1, 0.15) is 23.9 Å². The van der Waals surface area contributed by atoms with Gasteiger partial charge in [0.05, 0.1) is 4.90 Å². The fraction of sp³-hybridized carbons (Fsp3) is 0.316. The Hall–Kier alpha value is -2.00. The Labute approximate surface area is 162 Å². The van der Waals surface area contributed by atoms with E-state index in [-0.39, 0.29) is 10.9 Å². The van der Waals surface area contributed by atoms with Crippen LogP contribution in [0.4, 0.5) is 0 Å². The molecule has 0 saturated carbocycles. The molecular weight excluding hydrogens is 382 g/mol. The van der Waals surface area contributed by atoms with Gasteiger partial charge in [0.2, 0.25) is 10.0 Å². The van der Waals surface area contributed by atoms with Crippen LogP contribution in [-0.4, -0.2) is 37.9 Å². The summed E-state index contributed by atoms with van der Waals surface area (Å²) in [6.07, 6.45) is 2.73. The molecule has 3 aromatic rings. The van der Waals surface area contributed by atoms with Crippen LogP contribution in [-0.2, 0) is 10.0 Å². The highest BCUT2D eigenvalue weighted by Crippen LogP contribution is 2.27. The molecule has 1 saturated heterocycles. The van der Waals surface area contributed by atoms with E-state index in [1.165, 1.54) is 5.56 Å². The number of rotatable bonds is 7. The quantitative estimate of drug-likeness (QED) is 0.654. The number of nitrogens with zero attached hydrogens (tertiary/aromatic N) is 2. The molecule has 142 valence electrons. The zero-order chi connectivity index (χ0) is 18.9. The lowest BCUT2D eigenvalue weighted by atomic mass is 10.1. The Morgan fingerprint density at radius 3 is 2.59 bits per heavy atom. The van der Waals surface area contributed by atoms with Crippen LogP contribution < -0.4 is 4.72 Å². The molecule has 0 unspecified atom stereocenters. The van der Waals surface area contributed by atoms with Crippen molar-refractivity contribution in [3.05, 3.63) is 58.8 Å². The number of thiophene rings is 1. The Balaban J connectivity index is 1.47. The van der Waals surface area contributed by atoms with Crippen LogP contribution in [0.25, 0.3) is 11.3 Å². The maximum atomic E-state index is 12.7. The van der Waals surface area contributed by atoms with Gasteiger partial charge in [-0.1, -0.05) is 12.1 Å². The van der Waals surface area contributed by atoms with Crippen molar-refractivity contribution in [2.75, 3.05) is 19.6 Å². The van der Waals surface area contributed by atoms with Crippen molar-refractivity contribution in [1.29, 1.82) is 0 Å². The molecule has 0 bridgehead atoms. The van der Waals surface area contributed by atoms with Gasteiger partial charge >= 0.3 is 0 Å². The molecular formula is C19H21N3O3S2. The zero-order valence-electron chi connectivity index (χ0n) is 15.0. The van der Waals surface area contributed by atoms with Gasteiger partial charge in [0, 0.05) is 38.2 Å². The topological polar surface area (TPSA) is 75.4 Å². The summed E-state index contributed by atoms with van der Waals surface area (Å²) in [7, 11) is -3.57. The van der Waals surface area contributed by atoms with Gasteiger partial charge in [0.25, 0.3) is 0 Å². The minimum Gasteiger partial charge on any atom is -0.449 e. The summed E-state index contributed by atoms with van der Waals surface area (Å²) in [4.78, 5) is 6.82. The molecule has 1 aliphatic heterocycles. The highest BCUT2D eigenvalue weighted by Gasteiger charge is 2.27. The van der Waals surface area contributed by atoms with Crippen molar-refractivity contribution in [1.82, 2.24) is 14.6 Å². The predicted molar refractivity (Wildman–Crippen MR) is 105 cm³/mol. The lowest BCUT2D eigenvalue weighted by Crippen LogP contribution is -2.44. The summed E-state index contributed by atoms with van der Waals surface area (Å²) in [5.41, 5.74) is 2.68. The fourth-order valence-electron chi connectivity index (χ4n) is 3.15. The van der Waals surface area contributed by atoms with E-state index in [0.29, 0.717) is 18.1 Å². The van der Waals surface area contributed by atoms with E-state index in [9.17, 15) is 8.42 Å². The van der Waals surface area contributed by atoms with Crippen LogP contribution in [0.3, 0.4) is 0 Å². The molecule has 6 nitrogen and oxygen atoms in total. The lowest BCUT2D eigenvalue weighted by molar-refractivity contribution is 0.120. The van der Waals surface area contributed by atoms with Crippen molar-refractivity contribution < 1.29 is 12.8 Å². The standard InChI is InChI=1S/C19H21N3O3S2/c1-14-21-18(12-25-14)15-3-5-17(6-4-15)27(23,24)20-11-19(22-8-2-9-22)16-7-10-26-13-16/h3-7,10,12-13,19-20H,2,8-9,11H2,1H3/t19-/m1/s1. The van der Waals surface area contributed by atoms with Crippen molar-refractivity contribution in [2.24, 2.45) is 0 Å². The van der Waals surface area contributed by atoms with Crippen molar-refractivity contribution in [3.8, 4) is 11.3 Å². The van der Waals surface area contributed by atoms with Gasteiger partial charge in [-0.3, -0.25) is 4.90 Å². The van der Waals surface area contributed by atoms with E-state index < -0.39 is 10.0 Å². The van der Waals surface area contributed by atoms with E-state index in [1.54, 1.807) is 48.8 Å². The molecule has 1 N–H and O–H groups in total. The van der Waals surface area contributed by atoms with Crippen LogP contribution in [0.15, 0.2) is 56.7 Å². The number of oxazole rings is 1. The first-order valence-electron chi connectivity index (χ1n) is 8.81. The van der Waals surface area contributed by atoms with Gasteiger partial charge < -0.3 is 4.42 Å². The third-order valence-corrected chi connectivity index (χ3v) is 6.95. The summed E-state index contributed by atoms with van der Waals surface area (Å²) < 4.78 is 33.4. The highest BCUT2D eigenvalue weighted by atomic mass is 32.2. The summed E-state index contributed by atoms with van der Waals surface area (Å²) in [5.74, 6) is 0.578. The fourth-order valence-corrected chi connectivity index (χ4v) is 4.89. The predicted octanol–water partition coefficient (Wildman–Crippen LogP) is 3.44. The van der Waals surface area contributed by atoms with Crippen LogP contribution in [0.5, 0.6) is 0 Å². The summed E-state index contributed by atoms with van der Waals surface area (Å²) in [5, 5.41) is 4.12. The normalized spacial score (nSPS) is 16.2. The van der Waals surface area contributed by atoms with Crippen LogP contribution >= 0.6 is 11.3 Å². The number of nitrogens with one attached hydrogen (secondary N) is 1. The number of hydrogen-bond donors (Lipinski definition) is 1. The Morgan fingerprint density at radius 1 is 1.26 bits per heavy atom. The Bertz CT molecular complexity index is 991. The largest absolute Gasteiger partial charge is 0.449 e. The molecule has 4 rings (SSSR count). The molecule has 27 heavy (non-hydrogen) atoms. The average Bonchev–Trinajstić information content (AvgIpc) is 3.28. The van der Waals surface area contributed by atoms with E-state index >= 15 is 0 Å². The molecule has 1 aliphatic rings. The second kappa shape index (κ2) is 7.55. The monoisotopic (exact) mass is 403 g/mol. The number of benzene rings is 1. The molecule has 1 atom stereocenters. The maximum absolute atomic E-state index is 12.7. The molecule has 8 heteroatoms. The minimum atomic E-state index is -3.57. The van der Waals surface area contributed by atoms with Crippen molar-refractivity contribution in [2.45, 2.75) is 24.3 Å². The summed E-state index contributed by atoms with van der Waals surface area (Å²) in [6.45, 7) is 4.15. The number of aromatic nitrogens is 1. The van der Waals surface area contributed by atoms with Crippen LogP contribution in [0, 0.1) is 6.92 Å². The molecule has 0 radical (unpaired) electrons. The zero-order valence-corrected chi connectivity index (χ0v) is 16.6. The van der Waals surface area contributed by atoms with Gasteiger partial charge in [0.15, 0.2) is 5.89 Å². The van der Waals surface area contributed by atoms with E-state index in [4.69, 9.17) is 4.42 Å². The summed E-state index contributed by atoms with van der Waals surface area (Å²) in [6, 6.07) is 8.85. The minimum absolute atomic E-state index is 0.0807. The van der Waals surface area contributed by atoms with Gasteiger partial charge in [-0.2, -0.15) is 11.3 Å². The third-order valence-electron chi connectivity index (χ3n) is 4.81. The SMILES string of the molecule is Cc1nc(-c2ccc(S(=O)(=O)NC[C@H](c3ccsc3)N3CCC3)cc2)co1. The van der Waals surface area contributed by atoms with Gasteiger partial charge in [0.1, 0.15) is 12.0 Å². The maximum Gasteiger partial charge on any atom is 0.240 e. The van der Waals surface area contributed by atoms with Crippen molar-refractivity contribution in [3.63, 3.8) is 0 Å². The number of likely N-dealkylation sites (tertiary alicyclic amines) is 1. The highest BCUT2D eigenvalue weighted by molar-refractivity contribution is 7.89. The molecule has 3 heterocycles. The number of hydrogen-bond acceptors (Lipinski definition) is 6. The number of sulfonamides is 1. The first kappa shape index (κ1) is 18.4. The van der Waals surface area contributed by atoms with Gasteiger partial charge in [-0.15, -0.1) is 0 Å².